The fraction of sp³-hybridized carbons (Fsp3) is 0.429. The predicted molar refractivity (Wildman–Crippen MR) is 179 cm³/mol. The highest BCUT2D eigenvalue weighted by molar-refractivity contribution is 7.89. The third-order valence-corrected chi connectivity index (χ3v) is 10.4. The number of carbonyl (C=O) groups excluding carboxylic acids is 2. The van der Waals surface area contributed by atoms with E-state index in [1.54, 1.807) is 35.2 Å². The first-order valence-electron chi connectivity index (χ1n) is 16.0. The molecule has 1 aliphatic carbocycles. The number of para-hydroxylation sites is 2. The van der Waals surface area contributed by atoms with Crippen molar-refractivity contribution in [2.75, 3.05) is 32.2 Å². The molecule has 5 atom stereocenters. The van der Waals surface area contributed by atoms with E-state index in [9.17, 15) is 23.1 Å². The largest absolute Gasteiger partial charge is 0.497 e. The van der Waals surface area contributed by atoms with E-state index < -0.39 is 46.6 Å². The molecule has 2 aliphatic rings. The average Bonchev–Trinajstić information content (AvgIpc) is 3.59. The number of benzene rings is 3. The molecule has 2 fully saturated rings. The lowest BCUT2D eigenvalue weighted by Crippen LogP contribution is -2.51. The van der Waals surface area contributed by atoms with Crippen LogP contribution in [0.5, 0.6) is 11.5 Å². The lowest BCUT2D eigenvalue weighted by atomic mass is 10.0. The molecule has 1 aliphatic heterocycles. The molecule has 13 heteroatoms. The smallest absolute Gasteiger partial charge is 0.415 e. The summed E-state index contributed by atoms with van der Waals surface area (Å²) in [5.41, 5.74) is 1.41. The number of anilines is 1. The van der Waals surface area contributed by atoms with E-state index in [1.807, 2.05) is 50.2 Å². The normalized spacial score (nSPS) is 20.3. The summed E-state index contributed by atoms with van der Waals surface area (Å²) in [4.78, 5) is 27.7. The highest BCUT2D eigenvalue weighted by Crippen LogP contribution is 2.41. The second kappa shape index (κ2) is 15.3. The zero-order valence-corrected chi connectivity index (χ0v) is 28.3. The molecule has 258 valence electrons. The third-order valence-electron chi connectivity index (χ3n) is 8.55. The van der Waals surface area contributed by atoms with E-state index in [2.05, 4.69) is 5.32 Å². The molecular formula is C35H43N3O9S. The molecule has 0 bridgehead atoms. The number of alkyl carbamates (subject to hydrolysis) is 1. The first kappa shape index (κ1) is 35.0. The number of ether oxygens (including phenoxy) is 4. The number of rotatable bonds is 14. The standard InChI is InChI=1S/C35H43N3O9S/c1-23(2)21-37(48(42,43)27-16-14-25(44-3)15-17-27)22-31(39)28(18-24-10-6-5-7-11-24)36-34(40)46-26-19-30-33(20-26)47-35(41)38(30)29-12-8-9-13-32(29)45-4/h5-17,23,26,28,30-31,33,39H,18-22H2,1-4H3,(H,36,40)/t26-,28+,30+,31-,33-/m1/s1. The molecule has 3 aromatic rings. The van der Waals surface area contributed by atoms with Gasteiger partial charge in [-0.15, -0.1) is 0 Å². The maximum absolute atomic E-state index is 13.7. The van der Waals surface area contributed by atoms with Gasteiger partial charge in [0.2, 0.25) is 10.0 Å². The number of nitrogens with one attached hydrogen (secondary N) is 1. The number of fused-ring (bicyclic) bond motifs is 1. The van der Waals surface area contributed by atoms with Gasteiger partial charge < -0.3 is 29.4 Å². The number of hydrogen-bond acceptors (Lipinski definition) is 9. The van der Waals surface area contributed by atoms with Crippen LogP contribution in [0.3, 0.4) is 0 Å². The number of carbonyl (C=O) groups is 2. The van der Waals surface area contributed by atoms with Gasteiger partial charge >= 0.3 is 12.2 Å². The van der Waals surface area contributed by atoms with Crippen LogP contribution in [0.2, 0.25) is 0 Å². The van der Waals surface area contributed by atoms with Crippen molar-refractivity contribution in [2.45, 2.75) is 68.4 Å². The summed E-state index contributed by atoms with van der Waals surface area (Å²) >= 11 is 0. The number of nitrogens with zero attached hydrogens (tertiary/aromatic N) is 2. The van der Waals surface area contributed by atoms with E-state index in [1.165, 1.54) is 30.7 Å². The van der Waals surface area contributed by atoms with Gasteiger partial charge in [0.25, 0.3) is 0 Å². The molecule has 0 radical (unpaired) electrons. The maximum atomic E-state index is 13.7. The van der Waals surface area contributed by atoms with Crippen LogP contribution in [0.1, 0.15) is 32.3 Å². The summed E-state index contributed by atoms with van der Waals surface area (Å²) in [5, 5.41) is 14.4. The Morgan fingerprint density at radius 3 is 2.33 bits per heavy atom. The molecule has 48 heavy (non-hydrogen) atoms. The molecule has 5 rings (SSSR count). The van der Waals surface area contributed by atoms with E-state index in [-0.39, 0.29) is 36.4 Å². The number of methoxy groups -OCH3 is 2. The summed E-state index contributed by atoms with van der Waals surface area (Å²) in [6.45, 7) is 3.68. The minimum Gasteiger partial charge on any atom is -0.497 e. The molecule has 1 saturated heterocycles. The van der Waals surface area contributed by atoms with Crippen LogP contribution in [-0.4, -0.2) is 87.7 Å². The Bertz CT molecular complexity index is 1650. The lowest BCUT2D eigenvalue weighted by molar-refractivity contribution is 0.0650. The Labute approximate surface area is 281 Å². The highest BCUT2D eigenvalue weighted by Gasteiger charge is 2.51. The van der Waals surface area contributed by atoms with Crippen molar-refractivity contribution < 1.29 is 42.1 Å². The Kier molecular flexibility index (Phi) is 11.1. The second-order valence-electron chi connectivity index (χ2n) is 12.4. The molecule has 1 heterocycles. The van der Waals surface area contributed by atoms with Crippen molar-refractivity contribution in [1.29, 1.82) is 0 Å². The molecule has 2 amide bonds. The maximum Gasteiger partial charge on any atom is 0.415 e. The molecule has 12 nitrogen and oxygen atoms in total. The number of sulfonamides is 1. The van der Waals surface area contributed by atoms with Gasteiger partial charge in [-0.1, -0.05) is 56.3 Å². The first-order chi connectivity index (χ1) is 23.0. The first-order valence-corrected chi connectivity index (χ1v) is 17.4. The quantitative estimate of drug-likeness (QED) is 0.249. The van der Waals surface area contributed by atoms with Crippen LogP contribution >= 0.6 is 0 Å². The summed E-state index contributed by atoms with van der Waals surface area (Å²) in [5.74, 6) is 1.00. The zero-order chi connectivity index (χ0) is 34.4. The molecule has 0 spiro atoms. The Morgan fingerprint density at radius 1 is 0.979 bits per heavy atom. The van der Waals surface area contributed by atoms with Gasteiger partial charge in [0.15, 0.2) is 0 Å². The summed E-state index contributed by atoms with van der Waals surface area (Å²) in [7, 11) is -0.970. The van der Waals surface area contributed by atoms with Crippen molar-refractivity contribution in [3.63, 3.8) is 0 Å². The van der Waals surface area contributed by atoms with Crippen LogP contribution in [0.15, 0.2) is 83.8 Å². The summed E-state index contributed by atoms with van der Waals surface area (Å²) < 4.78 is 50.8. The monoisotopic (exact) mass is 681 g/mol. The number of aliphatic hydroxyl groups excluding tert-OH is 1. The van der Waals surface area contributed by atoms with Gasteiger partial charge in [0.05, 0.1) is 43.0 Å². The van der Waals surface area contributed by atoms with Crippen molar-refractivity contribution in [3.05, 3.63) is 84.4 Å². The van der Waals surface area contributed by atoms with Crippen molar-refractivity contribution >= 4 is 27.9 Å². The van der Waals surface area contributed by atoms with Crippen LogP contribution in [0.4, 0.5) is 15.3 Å². The van der Waals surface area contributed by atoms with Crippen LogP contribution in [0.25, 0.3) is 0 Å². The minimum absolute atomic E-state index is 0.0398. The molecule has 0 aromatic heterocycles. The third kappa shape index (κ3) is 8.03. The topological polar surface area (TPSA) is 144 Å². The average molecular weight is 682 g/mol. The fourth-order valence-electron chi connectivity index (χ4n) is 6.25. The van der Waals surface area contributed by atoms with Gasteiger partial charge in [0.1, 0.15) is 23.7 Å². The van der Waals surface area contributed by atoms with Crippen molar-refractivity contribution in [2.24, 2.45) is 5.92 Å². The second-order valence-corrected chi connectivity index (χ2v) is 14.4. The SMILES string of the molecule is COc1ccc(S(=O)(=O)N(CC(C)C)C[C@@H](O)[C@H](Cc2ccccc2)NC(=O)O[C@H]2C[C@H]3OC(=O)N(c4ccccc4OC)[C@H]3C2)cc1. The Hall–Kier alpha value is -4.33. The summed E-state index contributed by atoms with van der Waals surface area (Å²) in [6.07, 6.45) is -2.69. The highest BCUT2D eigenvalue weighted by atomic mass is 32.2. The predicted octanol–water partition coefficient (Wildman–Crippen LogP) is 4.61. The fourth-order valence-corrected chi connectivity index (χ4v) is 7.88. The lowest BCUT2D eigenvalue weighted by Gasteiger charge is -2.31. The molecule has 1 saturated carbocycles. The van der Waals surface area contributed by atoms with Gasteiger partial charge in [0, 0.05) is 25.9 Å². The number of hydrogen-bond donors (Lipinski definition) is 2. The van der Waals surface area contributed by atoms with Crippen LogP contribution in [-0.2, 0) is 25.9 Å². The zero-order valence-electron chi connectivity index (χ0n) is 27.5. The summed E-state index contributed by atoms with van der Waals surface area (Å²) in [6, 6.07) is 21.3. The molecule has 3 aromatic carbocycles. The van der Waals surface area contributed by atoms with Crippen molar-refractivity contribution in [3.8, 4) is 11.5 Å². The Morgan fingerprint density at radius 2 is 1.67 bits per heavy atom. The molecular weight excluding hydrogens is 638 g/mol. The molecule has 0 unspecified atom stereocenters. The Balaban J connectivity index is 1.30. The van der Waals surface area contributed by atoms with E-state index >= 15 is 0 Å². The number of aliphatic hydroxyl groups is 1. The minimum atomic E-state index is -4.00. The van der Waals surface area contributed by atoms with Crippen molar-refractivity contribution in [1.82, 2.24) is 9.62 Å². The van der Waals surface area contributed by atoms with Crippen LogP contribution in [0, 0.1) is 5.92 Å². The number of amides is 2. The van der Waals surface area contributed by atoms with Gasteiger partial charge in [-0.3, -0.25) is 4.90 Å². The molecule has 2 N–H and O–H groups in total. The van der Waals surface area contributed by atoms with E-state index in [0.29, 0.717) is 30.0 Å². The van der Waals surface area contributed by atoms with Gasteiger partial charge in [-0.2, -0.15) is 4.31 Å². The van der Waals surface area contributed by atoms with Crippen LogP contribution < -0.4 is 19.7 Å². The van der Waals surface area contributed by atoms with Gasteiger partial charge in [-0.25, -0.2) is 18.0 Å². The van der Waals surface area contributed by atoms with E-state index in [4.69, 9.17) is 18.9 Å². The van der Waals surface area contributed by atoms with Gasteiger partial charge in [-0.05, 0) is 54.3 Å². The van der Waals surface area contributed by atoms with E-state index in [0.717, 1.165) is 5.56 Å².